The Labute approximate surface area is 267 Å². The number of carbonyl (C=O) groups excluding carboxylic acids is 1. The number of likely N-dealkylation sites (N-methyl/N-ethyl adjacent to an activating group) is 1. The van der Waals surface area contributed by atoms with E-state index >= 15 is 0 Å². The minimum atomic E-state index is -1.49. The molecule has 2 aromatic heterocycles. The van der Waals surface area contributed by atoms with Crippen LogP contribution in [0.5, 0.6) is 23.5 Å². The number of aromatic nitrogens is 2. The van der Waals surface area contributed by atoms with Crippen molar-refractivity contribution in [3.63, 3.8) is 0 Å². The standard InChI is InChI=1S/C33H48N6O5Si/c1-21(2)24-20-45(7,8)27-18-22(3)26(19-23(24)27)44-28-11-10-25(43-28)30(40)35-29-31(41-5)36-33(37-32(29)42-6)34-12-9-13-39-16-14-38(4)15-17-39/h10-11,18-19,21,24H,9,12-17,20H2,1-8H3,(H,35,40)(H,34,36,37). The maximum absolute atomic E-state index is 13.2. The number of nitrogens with zero attached hydrogens (tertiary/aromatic N) is 4. The highest BCUT2D eigenvalue weighted by Crippen LogP contribution is 2.42. The lowest BCUT2D eigenvalue weighted by molar-refractivity contribution is 0.0990. The number of fused-ring (bicyclic) bond motifs is 1. The summed E-state index contributed by atoms with van der Waals surface area (Å²) in [4.78, 5) is 27.0. The van der Waals surface area contributed by atoms with Crippen LogP contribution in [0.1, 0.15) is 47.9 Å². The van der Waals surface area contributed by atoms with E-state index in [0.717, 1.165) is 50.5 Å². The van der Waals surface area contributed by atoms with E-state index in [-0.39, 0.29) is 29.2 Å². The number of carbonyl (C=O) groups is 1. The third kappa shape index (κ3) is 7.45. The number of furan rings is 1. The molecule has 1 aromatic carbocycles. The van der Waals surface area contributed by atoms with Crippen LogP contribution in [0.2, 0.25) is 19.1 Å². The first-order valence-corrected chi connectivity index (χ1v) is 19.1. The number of benzene rings is 1. The summed E-state index contributed by atoms with van der Waals surface area (Å²) in [5, 5.41) is 7.56. The van der Waals surface area contributed by atoms with Gasteiger partial charge in [0.05, 0.1) is 22.3 Å². The van der Waals surface area contributed by atoms with E-state index in [1.54, 1.807) is 12.1 Å². The Balaban J connectivity index is 1.24. The quantitative estimate of drug-likeness (QED) is 0.204. The maximum atomic E-state index is 13.2. The summed E-state index contributed by atoms with van der Waals surface area (Å²) in [6.45, 7) is 17.6. The number of methoxy groups -OCH3 is 2. The molecule has 0 aliphatic carbocycles. The van der Waals surface area contributed by atoms with Crippen LogP contribution in [-0.4, -0.2) is 94.3 Å². The van der Waals surface area contributed by atoms with Crippen LogP contribution < -0.4 is 30.0 Å². The van der Waals surface area contributed by atoms with Crippen molar-refractivity contribution in [3.05, 3.63) is 41.2 Å². The Hall–Kier alpha value is -3.61. The van der Waals surface area contributed by atoms with Crippen LogP contribution in [0.4, 0.5) is 11.6 Å². The molecule has 0 radical (unpaired) electrons. The molecular formula is C33H48N6O5Si. The van der Waals surface area contributed by atoms with Gasteiger partial charge >= 0.3 is 0 Å². The normalized spacial score (nSPS) is 18.1. The fourth-order valence-electron chi connectivity index (χ4n) is 6.33. The second-order valence-electron chi connectivity index (χ2n) is 13.2. The van der Waals surface area contributed by atoms with Gasteiger partial charge in [-0.1, -0.05) is 38.2 Å². The summed E-state index contributed by atoms with van der Waals surface area (Å²) >= 11 is 0. The number of piperazine rings is 1. The van der Waals surface area contributed by atoms with Gasteiger partial charge in [0.2, 0.25) is 17.7 Å². The number of aryl methyl sites for hydroxylation is 1. The third-order valence-corrected chi connectivity index (χ3v) is 12.4. The van der Waals surface area contributed by atoms with Crippen LogP contribution in [-0.2, 0) is 0 Å². The number of hydrogen-bond acceptors (Lipinski definition) is 10. The molecule has 4 heterocycles. The summed E-state index contributed by atoms with van der Waals surface area (Å²) in [6.07, 6.45) is 0.947. The predicted octanol–water partition coefficient (Wildman–Crippen LogP) is 5.16. The molecule has 1 amide bonds. The molecule has 2 aliphatic heterocycles. The lowest BCUT2D eigenvalue weighted by Crippen LogP contribution is -2.44. The van der Waals surface area contributed by atoms with Gasteiger partial charge in [0, 0.05) is 38.8 Å². The van der Waals surface area contributed by atoms with Crippen molar-refractivity contribution in [2.24, 2.45) is 5.92 Å². The van der Waals surface area contributed by atoms with E-state index in [9.17, 15) is 4.79 Å². The zero-order valence-electron chi connectivity index (χ0n) is 28.0. The minimum Gasteiger partial charge on any atom is -0.479 e. The van der Waals surface area contributed by atoms with Gasteiger partial charge in [-0.05, 0) is 68.1 Å². The van der Waals surface area contributed by atoms with E-state index in [0.29, 0.717) is 24.3 Å². The van der Waals surface area contributed by atoms with Gasteiger partial charge in [-0.3, -0.25) is 4.79 Å². The van der Waals surface area contributed by atoms with Crippen molar-refractivity contribution < 1.29 is 23.4 Å². The molecule has 3 aromatic rings. The number of hydrogen-bond donors (Lipinski definition) is 2. The maximum Gasteiger partial charge on any atom is 0.291 e. The first-order chi connectivity index (χ1) is 21.5. The molecule has 11 nitrogen and oxygen atoms in total. The van der Waals surface area contributed by atoms with Crippen molar-refractivity contribution in [1.29, 1.82) is 0 Å². The topological polar surface area (TPSA) is 114 Å². The summed E-state index contributed by atoms with van der Waals surface area (Å²) in [6, 6.07) is 8.95. The molecule has 0 spiro atoms. The Bertz CT molecular complexity index is 1480. The monoisotopic (exact) mass is 636 g/mol. The van der Waals surface area contributed by atoms with Crippen molar-refractivity contribution in [2.45, 2.75) is 52.2 Å². The van der Waals surface area contributed by atoms with Crippen molar-refractivity contribution in [3.8, 4) is 23.5 Å². The highest BCUT2D eigenvalue weighted by atomic mass is 28.3. The van der Waals surface area contributed by atoms with Crippen LogP contribution in [0.25, 0.3) is 0 Å². The average molecular weight is 637 g/mol. The number of ether oxygens (including phenoxy) is 3. The molecule has 0 saturated carbocycles. The molecular weight excluding hydrogens is 588 g/mol. The van der Waals surface area contributed by atoms with Crippen LogP contribution in [0.3, 0.4) is 0 Å². The number of amides is 1. The zero-order valence-corrected chi connectivity index (χ0v) is 29.0. The first-order valence-electron chi connectivity index (χ1n) is 15.9. The zero-order chi connectivity index (χ0) is 32.3. The van der Waals surface area contributed by atoms with Gasteiger partial charge in [0.15, 0.2) is 11.4 Å². The van der Waals surface area contributed by atoms with Crippen molar-refractivity contribution >= 4 is 30.8 Å². The van der Waals surface area contributed by atoms with Crippen molar-refractivity contribution in [1.82, 2.24) is 19.8 Å². The molecule has 5 rings (SSSR count). The molecule has 1 unspecified atom stereocenters. The lowest BCUT2D eigenvalue weighted by atomic mass is 9.90. The van der Waals surface area contributed by atoms with Gasteiger partial charge in [-0.25, -0.2) is 0 Å². The largest absolute Gasteiger partial charge is 0.479 e. The van der Waals surface area contributed by atoms with Crippen LogP contribution in [0, 0.1) is 12.8 Å². The summed E-state index contributed by atoms with van der Waals surface area (Å²) in [7, 11) is 3.64. The lowest BCUT2D eigenvalue weighted by Gasteiger charge is -2.32. The summed E-state index contributed by atoms with van der Waals surface area (Å²) < 4.78 is 23.0. The number of nitrogens with one attached hydrogen (secondary N) is 2. The van der Waals surface area contributed by atoms with Gasteiger partial charge in [0.1, 0.15) is 5.75 Å². The fraction of sp³-hybridized carbons (Fsp3) is 0.545. The predicted molar refractivity (Wildman–Crippen MR) is 180 cm³/mol. The molecule has 45 heavy (non-hydrogen) atoms. The van der Waals surface area contributed by atoms with E-state index in [2.05, 4.69) is 83.4 Å². The molecule has 244 valence electrons. The third-order valence-electron chi connectivity index (χ3n) is 9.02. The molecule has 1 atom stereocenters. The molecule has 2 N–H and O–H groups in total. The molecule has 1 fully saturated rings. The highest BCUT2D eigenvalue weighted by molar-refractivity contribution is 6.91. The SMILES string of the molecule is COc1nc(NCCCN2CCN(C)CC2)nc(OC)c1NC(=O)c1ccc(Oc2cc3c(cc2C)[Si](C)(C)CC3C(C)C)o1. The molecule has 1 saturated heterocycles. The second-order valence-corrected chi connectivity index (χ2v) is 17.9. The van der Waals surface area contributed by atoms with Gasteiger partial charge in [-0.2, -0.15) is 9.97 Å². The van der Waals surface area contributed by atoms with Gasteiger partial charge in [-0.15, -0.1) is 0 Å². The minimum absolute atomic E-state index is 0.0765. The number of rotatable bonds is 12. The fourth-order valence-corrected chi connectivity index (χ4v) is 9.99. The molecule has 2 aliphatic rings. The summed E-state index contributed by atoms with van der Waals surface area (Å²) in [5.41, 5.74) is 2.66. The number of anilines is 2. The van der Waals surface area contributed by atoms with E-state index in [1.807, 2.05) is 0 Å². The van der Waals surface area contributed by atoms with Gasteiger partial charge in [0.25, 0.3) is 11.9 Å². The summed E-state index contributed by atoms with van der Waals surface area (Å²) in [5.74, 6) is 2.37. The van der Waals surface area contributed by atoms with E-state index in [4.69, 9.17) is 18.6 Å². The Morgan fingerprint density at radius 1 is 1.09 bits per heavy atom. The van der Waals surface area contributed by atoms with Crippen LogP contribution in [0.15, 0.2) is 28.7 Å². The van der Waals surface area contributed by atoms with E-state index in [1.165, 1.54) is 31.0 Å². The smallest absolute Gasteiger partial charge is 0.291 e. The van der Waals surface area contributed by atoms with E-state index < -0.39 is 14.0 Å². The first kappa shape index (κ1) is 32.8. The van der Waals surface area contributed by atoms with Crippen LogP contribution >= 0.6 is 0 Å². The Morgan fingerprint density at radius 2 is 1.78 bits per heavy atom. The highest BCUT2D eigenvalue weighted by Gasteiger charge is 2.40. The average Bonchev–Trinajstić information content (AvgIpc) is 3.58. The van der Waals surface area contributed by atoms with Gasteiger partial charge < -0.3 is 39.1 Å². The van der Waals surface area contributed by atoms with Crippen molar-refractivity contribution in [2.75, 3.05) is 71.2 Å². The molecule has 12 heteroatoms. The molecule has 0 bridgehead atoms. The Kier molecular flexibility index (Phi) is 10.0. The second kappa shape index (κ2) is 13.8. The Morgan fingerprint density at radius 3 is 2.42 bits per heavy atom.